The molecule has 144 valence electrons. The molecule has 27 heavy (non-hydrogen) atoms. The Kier molecular flexibility index (Phi) is 5.35. The summed E-state index contributed by atoms with van der Waals surface area (Å²) in [6.45, 7) is 8.24. The molecule has 2 atom stereocenters. The fourth-order valence-corrected chi connectivity index (χ4v) is 3.60. The first-order valence-electron chi connectivity index (χ1n) is 9.69. The average Bonchev–Trinajstić information content (AvgIpc) is 3.17. The van der Waals surface area contributed by atoms with Crippen LogP contribution in [-0.4, -0.2) is 55.1 Å². The van der Waals surface area contributed by atoms with Crippen molar-refractivity contribution in [2.24, 2.45) is 0 Å². The third kappa shape index (κ3) is 4.28. The lowest BCUT2D eigenvalue weighted by atomic mass is 10.2. The van der Waals surface area contributed by atoms with Crippen LogP contribution in [0.4, 0.5) is 5.95 Å². The smallest absolute Gasteiger partial charge is 0.359 e. The number of hydrogen-bond acceptors (Lipinski definition) is 6. The van der Waals surface area contributed by atoms with Gasteiger partial charge in [-0.05, 0) is 44.9 Å². The number of aryl methyl sites for hydroxylation is 1. The van der Waals surface area contributed by atoms with Crippen molar-refractivity contribution in [3.05, 3.63) is 23.9 Å². The number of nitrogens with one attached hydrogen (secondary N) is 4. The molecule has 2 aliphatic rings. The Morgan fingerprint density at radius 2 is 2.33 bits per heavy atom. The number of fused-ring (bicyclic) bond motifs is 1. The highest BCUT2D eigenvalue weighted by molar-refractivity contribution is 5.89. The standard InChI is InChI=1S/C19H26N6O2/c1-3-26-14-6-7-17-16(9-14)13(2)22-19(23-17)24-18-20-11-25(12-21-18)10-15-5-4-8-27-15/h6-7,9,15H,3-5,8,10-12H2,1-2H3,(H2,20,21,22,23,24)/p+2/t15-/m0/s1. The zero-order chi connectivity index (χ0) is 18.6. The predicted octanol–water partition coefficient (Wildman–Crippen LogP) is -1.23. The van der Waals surface area contributed by atoms with E-state index in [0.717, 1.165) is 54.8 Å². The first kappa shape index (κ1) is 17.9. The maximum atomic E-state index is 5.73. The van der Waals surface area contributed by atoms with Crippen molar-refractivity contribution in [2.45, 2.75) is 32.8 Å². The largest absolute Gasteiger partial charge is 0.494 e. The molecule has 0 radical (unpaired) electrons. The molecule has 0 aliphatic carbocycles. The van der Waals surface area contributed by atoms with Gasteiger partial charge in [-0.2, -0.15) is 4.98 Å². The second-order valence-electron chi connectivity index (χ2n) is 7.04. The molecule has 1 saturated heterocycles. The summed E-state index contributed by atoms with van der Waals surface area (Å²) < 4.78 is 11.3. The Morgan fingerprint density at radius 3 is 3.07 bits per heavy atom. The minimum absolute atomic E-state index is 0.395. The van der Waals surface area contributed by atoms with E-state index in [1.807, 2.05) is 32.0 Å². The Morgan fingerprint density at radius 1 is 1.41 bits per heavy atom. The molecule has 2 aliphatic heterocycles. The molecule has 1 fully saturated rings. The van der Waals surface area contributed by atoms with Gasteiger partial charge < -0.3 is 9.47 Å². The van der Waals surface area contributed by atoms with E-state index < -0.39 is 0 Å². The van der Waals surface area contributed by atoms with Gasteiger partial charge in [0.1, 0.15) is 18.4 Å². The van der Waals surface area contributed by atoms with Gasteiger partial charge in [-0.25, -0.2) is 20.6 Å². The van der Waals surface area contributed by atoms with E-state index in [4.69, 9.17) is 9.47 Å². The van der Waals surface area contributed by atoms with Crippen molar-refractivity contribution in [3.63, 3.8) is 0 Å². The van der Waals surface area contributed by atoms with Crippen molar-refractivity contribution < 1.29 is 19.4 Å². The summed E-state index contributed by atoms with van der Waals surface area (Å²) in [5, 5.41) is 7.66. The molecular weight excluding hydrogens is 344 g/mol. The lowest BCUT2D eigenvalue weighted by molar-refractivity contribution is -0.982. The Labute approximate surface area is 159 Å². The maximum absolute atomic E-state index is 5.73. The van der Waals surface area contributed by atoms with Gasteiger partial charge in [0.25, 0.3) is 5.95 Å². The second-order valence-corrected chi connectivity index (χ2v) is 7.04. The summed E-state index contributed by atoms with van der Waals surface area (Å²) in [4.78, 5) is 14.0. The van der Waals surface area contributed by atoms with Crippen LogP contribution in [0.2, 0.25) is 0 Å². The van der Waals surface area contributed by atoms with Crippen LogP contribution in [-0.2, 0) is 4.74 Å². The average molecular weight is 372 g/mol. The van der Waals surface area contributed by atoms with Crippen LogP contribution in [0.25, 0.3) is 10.9 Å². The van der Waals surface area contributed by atoms with Gasteiger partial charge in [0.05, 0.1) is 17.8 Å². The number of aromatic nitrogens is 2. The molecule has 1 aromatic heterocycles. The zero-order valence-corrected chi connectivity index (χ0v) is 16.0. The van der Waals surface area contributed by atoms with Crippen LogP contribution in [0.5, 0.6) is 5.75 Å². The van der Waals surface area contributed by atoms with Crippen molar-refractivity contribution in [1.29, 1.82) is 0 Å². The number of quaternary nitrogens is 1. The monoisotopic (exact) mass is 372 g/mol. The van der Waals surface area contributed by atoms with Crippen molar-refractivity contribution >= 4 is 22.8 Å². The topological polar surface area (TPSA) is 86.7 Å². The van der Waals surface area contributed by atoms with Crippen molar-refractivity contribution in [3.8, 4) is 5.75 Å². The van der Waals surface area contributed by atoms with E-state index in [2.05, 4.69) is 25.6 Å². The number of nitrogens with zero attached hydrogens (tertiary/aromatic N) is 2. The highest BCUT2D eigenvalue weighted by Gasteiger charge is 2.26. The van der Waals surface area contributed by atoms with Crippen LogP contribution in [0.1, 0.15) is 25.5 Å². The summed E-state index contributed by atoms with van der Waals surface area (Å²) >= 11 is 0. The first-order valence-corrected chi connectivity index (χ1v) is 9.69. The normalized spacial score (nSPS) is 22.4. The van der Waals surface area contributed by atoms with Crippen LogP contribution in [0.15, 0.2) is 18.2 Å². The summed E-state index contributed by atoms with van der Waals surface area (Å²) in [6.07, 6.45) is 2.75. The quantitative estimate of drug-likeness (QED) is 0.526. The summed E-state index contributed by atoms with van der Waals surface area (Å²) in [5.74, 6) is 2.27. The summed E-state index contributed by atoms with van der Waals surface area (Å²) in [5.41, 5.74) is 1.82. The fourth-order valence-electron chi connectivity index (χ4n) is 3.60. The minimum atomic E-state index is 0.395. The van der Waals surface area contributed by atoms with Gasteiger partial charge in [0, 0.05) is 12.0 Å². The maximum Gasteiger partial charge on any atom is 0.359 e. The van der Waals surface area contributed by atoms with Crippen LogP contribution >= 0.6 is 0 Å². The molecular formula is C19H28N6O2+2. The number of benzene rings is 1. The van der Waals surface area contributed by atoms with Gasteiger partial charge in [0.2, 0.25) is 0 Å². The van der Waals surface area contributed by atoms with Crippen molar-refractivity contribution in [2.75, 3.05) is 38.4 Å². The molecule has 0 spiro atoms. The lowest BCUT2D eigenvalue weighted by Crippen LogP contribution is -3.24. The molecule has 0 amide bonds. The van der Waals surface area contributed by atoms with Crippen molar-refractivity contribution in [1.82, 2.24) is 15.3 Å². The van der Waals surface area contributed by atoms with E-state index in [0.29, 0.717) is 18.7 Å². The molecule has 8 nitrogen and oxygen atoms in total. The predicted molar refractivity (Wildman–Crippen MR) is 103 cm³/mol. The number of guanidine groups is 1. The molecule has 1 unspecified atom stereocenters. The molecule has 0 saturated carbocycles. The second kappa shape index (κ2) is 8.06. The Bertz CT molecular complexity index is 834. The zero-order valence-electron chi connectivity index (χ0n) is 16.0. The molecule has 2 aromatic rings. The highest BCUT2D eigenvalue weighted by atomic mass is 16.5. The van der Waals surface area contributed by atoms with Crippen LogP contribution < -0.4 is 25.3 Å². The van der Waals surface area contributed by atoms with E-state index in [1.54, 1.807) is 0 Å². The summed E-state index contributed by atoms with van der Waals surface area (Å²) in [7, 11) is 0. The third-order valence-electron chi connectivity index (χ3n) is 4.98. The van der Waals surface area contributed by atoms with Gasteiger partial charge in [-0.15, -0.1) is 0 Å². The first-order chi connectivity index (χ1) is 13.2. The van der Waals surface area contributed by atoms with Gasteiger partial charge in [0.15, 0.2) is 13.3 Å². The number of rotatable bonds is 5. The van der Waals surface area contributed by atoms with Crippen LogP contribution in [0.3, 0.4) is 0 Å². The van der Waals surface area contributed by atoms with Gasteiger partial charge in [-0.1, -0.05) is 0 Å². The molecule has 8 heteroatoms. The van der Waals surface area contributed by atoms with Crippen LogP contribution in [0, 0.1) is 6.92 Å². The van der Waals surface area contributed by atoms with E-state index in [1.165, 1.54) is 17.7 Å². The SMILES string of the molecule is CCOc1ccc2nc(NC3=[NH+]C[NH+](C[C@@H]4CCCO4)CN3)nc(C)c2c1. The van der Waals surface area contributed by atoms with Gasteiger partial charge >= 0.3 is 5.96 Å². The molecule has 0 bridgehead atoms. The minimum Gasteiger partial charge on any atom is -0.494 e. The Hall–Kier alpha value is -2.45. The number of anilines is 1. The number of ether oxygens (including phenoxy) is 2. The Balaban J connectivity index is 1.42. The van der Waals surface area contributed by atoms with E-state index in [9.17, 15) is 0 Å². The fraction of sp³-hybridized carbons (Fsp3) is 0.526. The highest BCUT2D eigenvalue weighted by Crippen LogP contribution is 2.22. The molecule has 4 N–H and O–H groups in total. The van der Waals surface area contributed by atoms with E-state index >= 15 is 0 Å². The summed E-state index contributed by atoms with van der Waals surface area (Å²) in [6, 6.07) is 5.91. The van der Waals surface area contributed by atoms with Gasteiger partial charge in [-0.3, -0.25) is 4.90 Å². The number of hydrogen-bond donors (Lipinski definition) is 4. The lowest BCUT2D eigenvalue weighted by Gasteiger charge is -2.22. The molecule has 1 aromatic carbocycles. The third-order valence-corrected chi connectivity index (χ3v) is 4.98. The van der Waals surface area contributed by atoms with E-state index in [-0.39, 0.29) is 0 Å². The molecule has 4 rings (SSSR count). The molecule has 3 heterocycles.